The molecule has 3 aromatic rings. The maximum Gasteiger partial charge on any atom is 0.266 e. The van der Waals surface area contributed by atoms with E-state index in [1.165, 1.54) is 0 Å². The van der Waals surface area contributed by atoms with Crippen LogP contribution in [0.15, 0.2) is 53.3 Å². The minimum Gasteiger partial charge on any atom is -0.321 e. The molecule has 0 aliphatic rings. The molecule has 0 saturated carbocycles. The smallest absolute Gasteiger partial charge is 0.266 e. The van der Waals surface area contributed by atoms with Crippen molar-refractivity contribution < 1.29 is 0 Å². The Bertz CT molecular complexity index is 1020. The summed E-state index contributed by atoms with van der Waals surface area (Å²) in [5, 5.41) is 9.44. The second-order valence-corrected chi connectivity index (χ2v) is 6.10. The average molecular weight is 314 g/mol. The number of nitrogens with one attached hydrogen (secondary N) is 1. The molecule has 1 aromatic heterocycles. The second-order valence-electron chi connectivity index (χ2n) is 6.10. The average Bonchev–Trinajstić information content (AvgIpc) is 2.54. The zero-order valence-corrected chi connectivity index (χ0v) is 14.0. The molecular weight excluding hydrogens is 296 g/mol. The van der Waals surface area contributed by atoms with Crippen molar-refractivity contribution >= 4 is 0 Å². The SMILES string of the molecule is Cc1cccc(-c2cc(-c3ccc(C)cc3C)c(C#N)c(=O)[nH]2)c1. The lowest BCUT2D eigenvalue weighted by Crippen LogP contribution is -2.13. The molecular formula is C21H18N2O. The van der Waals surface area contributed by atoms with Crippen molar-refractivity contribution in [1.82, 2.24) is 4.98 Å². The van der Waals surface area contributed by atoms with Gasteiger partial charge in [-0.15, -0.1) is 0 Å². The topological polar surface area (TPSA) is 56.6 Å². The maximum absolute atomic E-state index is 12.4. The third kappa shape index (κ3) is 2.87. The highest BCUT2D eigenvalue weighted by atomic mass is 16.1. The first-order chi connectivity index (χ1) is 11.5. The molecule has 0 unspecified atom stereocenters. The van der Waals surface area contributed by atoms with E-state index in [4.69, 9.17) is 0 Å². The van der Waals surface area contributed by atoms with Gasteiger partial charge in [-0.3, -0.25) is 4.79 Å². The summed E-state index contributed by atoms with van der Waals surface area (Å²) in [6.45, 7) is 6.03. The summed E-state index contributed by atoms with van der Waals surface area (Å²) < 4.78 is 0. The van der Waals surface area contributed by atoms with Crippen LogP contribution in [0.3, 0.4) is 0 Å². The van der Waals surface area contributed by atoms with Gasteiger partial charge in [0, 0.05) is 11.3 Å². The van der Waals surface area contributed by atoms with E-state index in [9.17, 15) is 10.1 Å². The lowest BCUT2D eigenvalue weighted by molar-refractivity contribution is 1.21. The van der Waals surface area contributed by atoms with Crippen molar-refractivity contribution in [1.29, 1.82) is 5.26 Å². The summed E-state index contributed by atoms with van der Waals surface area (Å²) in [6.07, 6.45) is 0. The van der Waals surface area contributed by atoms with Gasteiger partial charge < -0.3 is 4.98 Å². The number of hydrogen-bond donors (Lipinski definition) is 1. The fourth-order valence-corrected chi connectivity index (χ4v) is 2.97. The molecule has 24 heavy (non-hydrogen) atoms. The summed E-state index contributed by atoms with van der Waals surface area (Å²) in [7, 11) is 0. The minimum atomic E-state index is -0.355. The van der Waals surface area contributed by atoms with Gasteiger partial charge in [-0.25, -0.2) is 0 Å². The highest BCUT2D eigenvalue weighted by Gasteiger charge is 2.14. The Morgan fingerprint density at radius 2 is 1.67 bits per heavy atom. The Morgan fingerprint density at radius 1 is 0.917 bits per heavy atom. The predicted octanol–water partition coefficient (Wildman–Crippen LogP) is 4.51. The molecule has 0 atom stereocenters. The molecule has 2 aromatic carbocycles. The van der Waals surface area contributed by atoms with Crippen LogP contribution >= 0.6 is 0 Å². The Labute approximate surface area is 141 Å². The molecule has 3 heteroatoms. The number of nitrogens with zero attached hydrogens (tertiary/aromatic N) is 1. The molecule has 0 fully saturated rings. The summed E-state index contributed by atoms with van der Waals surface area (Å²) in [4.78, 5) is 15.3. The van der Waals surface area contributed by atoms with Gasteiger partial charge in [0.15, 0.2) is 0 Å². The Morgan fingerprint density at radius 3 is 2.33 bits per heavy atom. The van der Waals surface area contributed by atoms with Gasteiger partial charge in [0.05, 0.1) is 0 Å². The molecule has 0 radical (unpaired) electrons. The largest absolute Gasteiger partial charge is 0.321 e. The number of aromatic nitrogens is 1. The van der Waals surface area contributed by atoms with Gasteiger partial charge in [-0.05, 0) is 49.6 Å². The highest BCUT2D eigenvalue weighted by molar-refractivity contribution is 5.77. The van der Waals surface area contributed by atoms with E-state index in [1.54, 1.807) is 0 Å². The lowest BCUT2D eigenvalue weighted by atomic mass is 9.94. The van der Waals surface area contributed by atoms with Gasteiger partial charge in [-0.1, -0.05) is 47.5 Å². The standard InChI is InChI=1S/C21H18N2O/c1-13-5-4-6-16(10-13)20-11-18(19(12-22)21(24)23-20)17-8-7-14(2)9-15(17)3/h4-11H,1-3H3,(H,23,24). The fourth-order valence-electron chi connectivity index (χ4n) is 2.97. The van der Waals surface area contributed by atoms with Crippen LogP contribution in [0, 0.1) is 32.1 Å². The van der Waals surface area contributed by atoms with Crippen LogP contribution in [0.1, 0.15) is 22.3 Å². The van der Waals surface area contributed by atoms with Crippen molar-refractivity contribution in [2.24, 2.45) is 0 Å². The van der Waals surface area contributed by atoms with Gasteiger partial charge in [-0.2, -0.15) is 5.26 Å². The zero-order chi connectivity index (χ0) is 17.3. The molecule has 118 valence electrons. The van der Waals surface area contributed by atoms with E-state index < -0.39 is 0 Å². The van der Waals surface area contributed by atoms with E-state index in [0.717, 1.165) is 33.5 Å². The first-order valence-electron chi connectivity index (χ1n) is 7.81. The van der Waals surface area contributed by atoms with Crippen LogP contribution in [0.4, 0.5) is 0 Å². The Balaban J connectivity index is 2.29. The molecule has 0 aliphatic heterocycles. The van der Waals surface area contributed by atoms with Crippen molar-refractivity contribution in [2.75, 3.05) is 0 Å². The zero-order valence-electron chi connectivity index (χ0n) is 14.0. The summed E-state index contributed by atoms with van der Waals surface area (Å²) in [5.41, 5.74) is 6.36. The molecule has 1 N–H and O–H groups in total. The van der Waals surface area contributed by atoms with Crippen LogP contribution in [0.2, 0.25) is 0 Å². The number of H-pyrrole nitrogens is 1. The van der Waals surface area contributed by atoms with Crippen LogP contribution < -0.4 is 5.56 Å². The first kappa shape index (κ1) is 15.8. The number of aryl methyl sites for hydroxylation is 3. The van der Waals surface area contributed by atoms with E-state index in [-0.39, 0.29) is 11.1 Å². The Hall–Kier alpha value is -3.12. The van der Waals surface area contributed by atoms with Crippen molar-refractivity contribution in [3.05, 3.63) is 81.1 Å². The molecule has 0 saturated heterocycles. The number of benzene rings is 2. The van der Waals surface area contributed by atoms with Crippen molar-refractivity contribution in [3.63, 3.8) is 0 Å². The van der Waals surface area contributed by atoms with E-state index in [2.05, 4.69) is 17.1 Å². The molecule has 3 nitrogen and oxygen atoms in total. The number of hydrogen-bond acceptors (Lipinski definition) is 2. The van der Waals surface area contributed by atoms with E-state index in [0.29, 0.717) is 5.56 Å². The third-order valence-electron chi connectivity index (χ3n) is 4.15. The first-order valence-corrected chi connectivity index (χ1v) is 7.81. The molecule has 0 bridgehead atoms. The van der Waals surface area contributed by atoms with Crippen LogP contribution in [-0.2, 0) is 0 Å². The fraction of sp³-hybridized carbons (Fsp3) is 0.143. The number of nitriles is 1. The summed E-state index contributed by atoms with van der Waals surface area (Å²) >= 11 is 0. The Kier molecular flexibility index (Phi) is 4.05. The van der Waals surface area contributed by atoms with Crippen LogP contribution in [0.5, 0.6) is 0 Å². The molecule has 0 spiro atoms. The minimum absolute atomic E-state index is 0.151. The molecule has 0 amide bonds. The summed E-state index contributed by atoms with van der Waals surface area (Å²) in [5.74, 6) is 0. The van der Waals surface area contributed by atoms with Gasteiger partial charge in [0.1, 0.15) is 11.6 Å². The second kappa shape index (κ2) is 6.17. The molecule has 1 heterocycles. The van der Waals surface area contributed by atoms with Gasteiger partial charge >= 0.3 is 0 Å². The van der Waals surface area contributed by atoms with Crippen LogP contribution in [0.25, 0.3) is 22.4 Å². The van der Waals surface area contributed by atoms with Gasteiger partial charge in [0.2, 0.25) is 0 Å². The maximum atomic E-state index is 12.4. The number of pyridine rings is 1. The predicted molar refractivity (Wildman–Crippen MR) is 96.9 cm³/mol. The van der Waals surface area contributed by atoms with Crippen LogP contribution in [-0.4, -0.2) is 4.98 Å². The molecule has 0 aliphatic carbocycles. The number of rotatable bonds is 2. The summed E-state index contributed by atoms with van der Waals surface area (Å²) in [6, 6.07) is 17.9. The van der Waals surface area contributed by atoms with Gasteiger partial charge in [0.25, 0.3) is 5.56 Å². The highest BCUT2D eigenvalue weighted by Crippen LogP contribution is 2.29. The van der Waals surface area contributed by atoms with E-state index >= 15 is 0 Å². The quantitative estimate of drug-likeness (QED) is 0.757. The normalized spacial score (nSPS) is 10.4. The van der Waals surface area contributed by atoms with Crippen molar-refractivity contribution in [2.45, 2.75) is 20.8 Å². The number of aromatic amines is 1. The monoisotopic (exact) mass is 314 g/mol. The lowest BCUT2D eigenvalue weighted by Gasteiger charge is -2.11. The third-order valence-corrected chi connectivity index (χ3v) is 4.15. The van der Waals surface area contributed by atoms with E-state index in [1.807, 2.05) is 63.2 Å². The molecule has 3 rings (SSSR count). The van der Waals surface area contributed by atoms with Crippen molar-refractivity contribution in [3.8, 4) is 28.5 Å².